The monoisotopic (exact) mass is 403 g/mol. The van der Waals surface area contributed by atoms with Crippen LogP contribution in [-0.4, -0.2) is 55.3 Å². The van der Waals surface area contributed by atoms with E-state index in [1.54, 1.807) is 0 Å². The average Bonchev–Trinajstić information content (AvgIpc) is 2.63. The first-order chi connectivity index (χ1) is 13.0. The van der Waals surface area contributed by atoms with Gasteiger partial charge in [-0.3, -0.25) is 14.4 Å². The summed E-state index contributed by atoms with van der Waals surface area (Å²) >= 11 is 0. The van der Waals surface area contributed by atoms with Crippen LogP contribution in [-0.2, 0) is 24.0 Å². The van der Waals surface area contributed by atoms with Gasteiger partial charge in [-0.1, -0.05) is 27.7 Å². The topological polar surface area (TPSA) is 140 Å². The molecule has 9 nitrogen and oxygen atoms in total. The number of ether oxygens (including phenoxy) is 1. The van der Waals surface area contributed by atoms with Crippen molar-refractivity contribution in [2.45, 2.75) is 66.4 Å². The maximum atomic E-state index is 11.9. The summed E-state index contributed by atoms with van der Waals surface area (Å²) in [6.45, 7) is 11.5. The van der Waals surface area contributed by atoms with Gasteiger partial charge in [0.05, 0.1) is 13.2 Å². The van der Waals surface area contributed by atoms with Gasteiger partial charge in [-0.25, -0.2) is 10.7 Å². The lowest BCUT2D eigenvalue weighted by Crippen LogP contribution is -2.41. The van der Waals surface area contributed by atoms with Gasteiger partial charge in [-0.2, -0.15) is 0 Å². The quantitative estimate of drug-likeness (QED) is 0.301. The molecule has 0 aliphatic heterocycles. The lowest BCUT2D eigenvalue weighted by atomic mass is 9.83. The molecule has 1 atom stereocenters. The summed E-state index contributed by atoms with van der Waals surface area (Å²) in [5.41, 5.74) is -0.410. The highest BCUT2D eigenvalue weighted by molar-refractivity contribution is 5.78. The Morgan fingerprint density at radius 1 is 1.07 bits per heavy atom. The molecule has 28 heavy (non-hydrogen) atoms. The Hall–Kier alpha value is -1.71. The lowest BCUT2D eigenvalue weighted by Gasteiger charge is -2.33. The van der Waals surface area contributed by atoms with E-state index in [1.165, 1.54) is 6.92 Å². The van der Waals surface area contributed by atoms with E-state index in [4.69, 9.17) is 15.7 Å². The second-order valence-electron chi connectivity index (χ2n) is 8.05. The van der Waals surface area contributed by atoms with Crippen molar-refractivity contribution in [1.29, 1.82) is 0 Å². The van der Waals surface area contributed by atoms with Crippen LogP contribution in [0.1, 0.15) is 60.3 Å². The third-order valence-corrected chi connectivity index (χ3v) is 4.95. The normalized spacial score (nSPS) is 13.1. The summed E-state index contributed by atoms with van der Waals surface area (Å²) in [5.74, 6) is 3.38. The molecule has 2 amide bonds. The predicted molar refractivity (Wildman–Crippen MR) is 105 cm³/mol. The number of aliphatic carboxylic acids is 1. The summed E-state index contributed by atoms with van der Waals surface area (Å²) in [6.07, 6.45) is 0.593. The van der Waals surface area contributed by atoms with Gasteiger partial charge < -0.3 is 20.5 Å². The number of carbonyl (C=O) groups is 3. The Kier molecular flexibility index (Phi) is 11.9. The van der Waals surface area contributed by atoms with Crippen molar-refractivity contribution in [2.24, 2.45) is 16.7 Å². The SMILES string of the molecule is CCC(CC)(CNC(C)=O)COCC(C)(C)CNC(=O)CCC(ON)C(=O)O. The van der Waals surface area contributed by atoms with Crippen molar-refractivity contribution in [2.75, 3.05) is 26.3 Å². The minimum atomic E-state index is -1.20. The van der Waals surface area contributed by atoms with Crippen LogP contribution < -0.4 is 16.5 Å². The van der Waals surface area contributed by atoms with Crippen LogP contribution in [0.15, 0.2) is 0 Å². The standard InChI is InChI=1S/C19H37N3O6/c1-6-19(7-2,11-21-14(3)23)13-27-12-18(4,5)10-22-16(24)9-8-15(28-20)17(25)26/h15H,6-13,20H2,1-5H3,(H,21,23)(H,22,24)(H,25,26). The van der Waals surface area contributed by atoms with Crippen LogP contribution in [0, 0.1) is 10.8 Å². The van der Waals surface area contributed by atoms with Crippen molar-refractivity contribution in [3.8, 4) is 0 Å². The molecule has 0 spiro atoms. The number of rotatable bonds is 15. The fourth-order valence-electron chi connectivity index (χ4n) is 2.60. The molecule has 0 aromatic rings. The second kappa shape index (κ2) is 12.7. The van der Waals surface area contributed by atoms with Crippen molar-refractivity contribution in [3.05, 3.63) is 0 Å². The smallest absolute Gasteiger partial charge is 0.334 e. The molecule has 0 aliphatic rings. The van der Waals surface area contributed by atoms with Crippen LogP contribution in [0.4, 0.5) is 0 Å². The molecule has 1 unspecified atom stereocenters. The molecule has 0 heterocycles. The van der Waals surface area contributed by atoms with Gasteiger partial charge in [0.15, 0.2) is 6.10 Å². The maximum absolute atomic E-state index is 11.9. The molecule has 5 N–H and O–H groups in total. The third-order valence-electron chi connectivity index (χ3n) is 4.95. The fourth-order valence-corrected chi connectivity index (χ4v) is 2.60. The Bertz CT molecular complexity index is 506. The van der Waals surface area contributed by atoms with Gasteiger partial charge >= 0.3 is 5.97 Å². The van der Waals surface area contributed by atoms with Crippen LogP contribution in [0.5, 0.6) is 0 Å². The Labute approximate surface area is 167 Å². The van der Waals surface area contributed by atoms with Crippen LogP contribution in [0.3, 0.4) is 0 Å². The number of carboxylic acids is 1. The summed E-state index contributed by atoms with van der Waals surface area (Å²) < 4.78 is 5.94. The molecular formula is C19H37N3O6. The lowest BCUT2D eigenvalue weighted by molar-refractivity contribution is -0.151. The summed E-state index contributed by atoms with van der Waals surface area (Å²) in [5, 5.41) is 14.5. The van der Waals surface area contributed by atoms with Crippen molar-refractivity contribution < 1.29 is 29.1 Å². The minimum absolute atomic E-state index is 0.00721. The van der Waals surface area contributed by atoms with Gasteiger partial charge in [0, 0.05) is 37.3 Å². The van der Waals surface area contributed by atoms with Gasteiger partial charge in [0.1, 0.15) is 0 Å². The molecule has 0 bridgehead atoms. The van der Waals surface area contributed by atoms with Crippen LogP contribution >= 0.6 is 0 Å². The summed E-state index contributed by atoms with van der Waals surface area (Å²) in [6, 6.07) is 0. The van der Waals surface area contributed by atoms with E-state index in [1.807, 2.05) is 13.8 Å². The Balaban J connectivity index is 4.39. The number of carboxylic acid groups (broad SMARTS) is 1. The molecule has 0 aromatic heterocycles. The summed E-state index contributed by atoms with van der Waals surface area (Å²) in [4.78, 5) is 38.3. The maximum Gasteiger partial charge on any atom is 0.334 e. The molecule has 0 radical (unpaired) electrons. The average molecular weight is 404 g/mol. The first-order valence-electron chi connectivity index (χ1n) is 9.68. The molecule has 164 valence electrons. The zero-order valence-electron chi connectivity index (χ0n) is 17.8. The highest BCUT2D eigenvalue weighted by atomic mass is 16.6. The summed E-state index contributed by atoms with van der Waals surface area (Å²) in [7, 11) is 0. The van der Waals surface area contributed by atoms with Gasteiger partial charge in [0.25, 0.3) is 0 Å². The van der Waals surface area contributed by atoms with Crippen LogP contribution in [0.2, 0.25) is 0 Å². The molecule has 0 aliphatic carbocycles. The first kappa shape index (κ1) is 26.3. The molecule has 0 saturated carbocycles. The molecule has 0 saturated heterocycles. The first-order valence-corrected chi connectivity index (χ1v) is 9.68. The third kappa shape index (κ3) is 10.6. The number of hydrogen-bond acceptors (Lipinski definition) is 6. The van der Waals surface area contributed by atoms with Crippen molar-refractivity contribution >= 4 is 17.8 Å². The van der Waals surface area contributed by atoms with Crippen molar-refractivity contribution in [1.82, 2.24) is 10.6 Å². The molecule has 0 rings (SSSR count). The number of hydrogen-bond donors (Lipinski definition) is 4. The number of nitrogens with one attached hydrogen (secondary N) is 2. The van der Waals surface area contributed by atoms with E-state index in [2.05, 4.69) is 29.3 Å². The van der Waals surface area contributed by atoms with Gasteiger partial charge in [-0.05, 0) is 19.3 Å². The van der Waals surface area contributed by atoms with Crippen LogP contribution in [0.25, 0.3) is 0 Å². The number of amides is 2. The largest absolute Gasteiger partial charge is 0.479 e. The number of nitrogens with two attached hydrogens (primary N) is 1. The molecule has 0 fully saturated rings. The Morgan fingerprint density at radius 2 is 1.68 bits per heavy atom. The van der Waals surface area contributed by atoms with E-state index in [-0.39, 0.29) is 35.5 Å². The van der Waals surface area contributed by atoms with E-state index in [0.29, 0.717) is 26.3 Å². The van der Waals surface area contributed by atoms with E-state index >= 15 is 0 Å². The Morgan fingerprint density at radius 3 is 2.14 bits per heavy atom. The molecule has 9 heteroatoms. The minimum Gasteiger partial charge on any atom is -0.479 e. The van der Waals surface area contributed by atoms with E-state index in [9.17, 15) is 14.4 Å². The molecular weight excluding hydrogens is 366 g/mol. The van der Waals surface area contributed by atoms with Gasteiger partial charge in [-0.15, -0.1) is 0 Å². The molecule has 0 aromatic carbocycles. The fraction of sp³-hybridized carbons (Fsp3) is 0.842. The van der Waals surface area contributed by atoms with Crippen molar-refractivity contribution in [3.63, 3.8) is 0 Å². The predicted octanol–water partition coefficient (Wildman–Crippen LogP) is 1.21. The number of carbonyl (C=O) groups excluding carboxylic acids is 2. The second-order valence-corrected chi connectivity index (χ2v) is 8.05. The van der Waals surface area contributed by atoms with Gasteiger partial charge in [0.2, 0.25) is 11.8 Å². The highest BCUT2D eigenvalue weighted by Crippen LogP contribution is 2.27. The zero-order chi connectivity index (χ0) is 21.8. The van der Waals surface area contributed by atoms with E-state index < -0.39 is 12.1 Å². The van der Waals surface area contributed by atoms with E-state index in [0.717, 1.165) is 12.8 Å². The highest BCUT2D eigenvalue weighted by Gasteiger charge is 2.28. The zero-order valence-corrected chi connectivity index (χ0v) is 17.8.